The van der Waals surface area contributed by atoms with Gasteiger partial charge in [-0.2, -0.15) is 4.98 Å². The van der Waals surface area contributed by atoms with Gasteiger partial charge < -0.3 is 15.7 Å². The van der Waals surface area contributed by atoms with Gasteiger partial charge in [0.05, 0.1) is 18.3 Å². The number of aromatic nitrogens is 3. The van der Waals surface area contributed by atoms with E-state index in [9.17, 15) is 5.11 Å². The minimum Gasteiger partial charge on any atom is -0.394 e. The molecule has 2 aromatic heterocycles. The molecule has 0 spiro atoms. The summed E-state index contributed by atoms with van der Waals surface area (Å²) in [6.07, 6.45) is 3.49. The van der Waals surface area contributed by atoms with Crippen LogP contribution in [0.25, 0.3) is 11.3 Å². The first-order chi connectivity index (χ1) is 13.5. The van der Waals surface area contributed by atoms with E-state index in [1.807, 2.05) is 56.3 Å². The molecule has 1 atom stereocenters. The Kier molecular flexibility index (Phi) is 6.79. The second-order valence-corrected chi connectivity index (χ2v) is 7.30. The molecule has 3 N–H and O–H groups in total. The molecule has 0 bridgehead atoms. The Balaban J connectivity index is 1.87. The Morgan fingerprint density at radius 2 is 1.89 bits per heavy atom. The van der Waals surface area contributed by atoms with Crippen LogP contribution in [0.3, 0.4) is 0 Å². The van der Waals surface area contributed by atoms with Crippen LogP contribution in [0.4, 0.5) is 11.8 Å². The first-order valence-corrected chi connectivity index (χ1v) is 9.58. The zero-order chi connectivity index (χ0) is 19.9. The Morgan fingerprint density at radius 3 is 2.54 bits per heavy atom. The van der Waals surface area contributed by atoms with Crippen LogP contribution < -0.4 is 10.6 Å². The number of rotatable bonds is 8. The van der Waals surface area contributed by atoms with Crippen LogP contribution in [0.1, 0.15) is 19.4 Å². The van der Waals surface area contributed by atoms with Crippen LogP contribution in [-0.2, 0) is 6.54 Å². The van der Waals surface area contributed by atoms with Gasteiger partial charge >= 0.3 is 0 Å². The van der Waals surface area contributed by atoms with Crippen LogP contribution >= 0.6 is 11.6 Å². The zero-order valence-corrected chi connectivity index (χ0v) is 16.7. The van der Waals surface area contributed by atoms with E-state index in [0.29, 0.717) is 23.3 Å². The molecule has 3 rings (SSSR count). The van der Waals surface area contributed by atoms with Crippen molar-refractivity contribution in [2.24, 2.45) is 5.92 Å². The molecule has 28 heavy (non-hydrogen) atoms. The number of hydrogen-bond acceptors (Lipinski definition) is 6. The van der Waals surface area contributed by atoms with Gasteiger partial charge in [0.25, 0.3) is 0 Å². The van der Waals surface area contributed by atoms with Gasteiger partial charge in [-0.15, -0.1) is 0 Å². The van der Waals surface area contributed by atoms with Crippen molar-refractivity contribution in [3.63, 3.8) is 0 Å². The van der Waals surface area contributed by atoms with Crippen LogP contribution in [0, 0.1) is 5.92 Å². The maximum absolute atomic E-state index is 9.63. The predicted molar refractivity (Wildman–Crippen MR) is 113 cm³/mol. The quantitative estimate of drug-likeness (QED) is 0.527. The summed E-state index contributed by atoms with van der Waals surface area (Å²) in [6, 6.07) is 13.2. The summed E-state index contributed by atoms with van der Waals surface area (Å²) in [7, 11) is 0. The highest BCUT2D eigenvalue weighted by molar-refractivity contribution is 6.30. The van der Waals surface area contributed by atoms with Crippen LogP contribution in [0.15, 0.2) is 54.9 Å². The third kappa shape index (κ3) is 5.41. The fraction of sp³-hybridized carbons (Fsp3) is 0.286. The van der Waals surface area contributed by atoms with Crippen molar-refractivity contribution in [2.45, 2.75) is 26.4 Å². The van der Waals surface area contributed by atoms with Crippen LogP contribution in [-0.4, -0.2) is 32.7 Å². The third-order valence-electron chi connectivity index (χ3n) is 4.39. The minimum absolute atomic E-state index is 0.00564. The lowest BCUT2D eigenvalue weighted by atomic mass is 10.1. The Labute approximate surface area is 170 Å². The second-order valence-electron chi connectivity index (χ2n) is 6.86. The molecule has 0 aliphatic carbocycles. The van der Waals surface area contributed by atoms with Crippen LogP contribution in [0.2, 0.25) is 5.02 Å². The Hall–Kier alpha value is -2.70. The molecule has 0 radical (unpaired) electrons. The van der Waals surface area contributed by atoms with Crippen molar-refractivity contribution < 1.29 is 5.11 Å². The molecule has 0 unspecified atom stereocenters. The number of aliphatic hydroxyl groups is 1. The molecule has 0 fully saturated rings. The molecule has 6 nitrogen and oxygen atoms in total. The summed E-state index contributed by atoms with van der Waals surface area (Å²) < 4.78 is 0. The van der Waals surface area contributed by atoms with Gasteiger partial charge in [0.2, 0.25) is 5.95 Å². The number of aliphatic hydroxyl groups excluding tert-OH is 1. The highest BCUT2D eigenvalue weighted by Gasteiger charge is 2.15. The average Bonchev–Trinajstić information content (AvgIpc) is 2.72. The smallest absolute Gasteiger partial charge is 0.225 e. The van der Waals surface area contributed by atoms with E-state index < -0.39 is 0 Å². The predicted octanol–water partition coefficient (Wildman–Crippen LogP) is 4.23. The second kappa shape index (κ2) is 9.48. The molecule has 3 aromatic rings. The number of pyridine rings is 1. The molecule has 2 heterocycles. The highest BCUT2D eigenvalue weighted by atomic mass is 35.5. The molecule has 0 aliphatic rings. The Morgan fingerprint density at radius 1 is 1.11 bits per heavy atom. The van der Waals surface area contributed by atoms with E-state index >= 15 is 0 Å². The molecule has 0 aliphatic heterocycles. The number of hydrogen-bond donors (Lipinski definition) is 3. The van der Waals surface area contributed by atoms with Gasteiger partial charge in [-0.25, -0.2) is 4.98 Å². The molecule has 1 aromatic carbocycles. The maximum Gasteiger partial charge on any atom is 0.225 e. The summed E-state index contributed by atoms with van der Waals surface area (Å²) in [5, 5.41) is 16.9. The Bertz CT molecular complexity index is 887. The summed E-state index contributed by atoms with van der Waals surface area (Å²) in [5.74, 6) is 1.39. The molecule has 7 heteroatoms. The number of nitrogens with zero attached hydrogens (tertiary/aromatic N) is 3. The zero-order valence-electron chi connectivity index (χ0n) is 15.9. The van der Waals surface area contributed by atoms with E-state index in [0.717, 1.165) is 16.8 Å². The lowest BCUT2D eigenvalue weighted by Crippen LogP contribution is -2.30. The van der Waals surface area contributed by atoms with Gasteiger partial charge in [0.15, 0.2) is 0 Å². The third-order valence-corrected chi connectivity index (χ3v) is 4.64. The summed E-state index contributed by atoms with van der Waals surface area (Å²) in [6.45, 7) is 4.69. The van der Waals surface area contributed by atoms with E-state index in [-0.39, 0.29) is 18.6 Å². The molecule has 0 amide bonds. The monoisotopic (exact) mass is 397 g/mol. The first kappa shape index (κ1) is 20.0. The lowest BCUT2D eigenvalue weighted by Gasteiger charge is -2.20. The standard InChI is InChI=1S/C21H24ClN5O/c1-14(2)19(13-28)26-21-25-18(16-4-3-9-23-12-16)10-20(27-21)24-11-15-5-7-17(22)8-6-15/h3-10,12,14,19,28H,11,13H2,1-2H3,(H2,24,25,26,27)/t19-/m1/s1. The summed E-state index contributed by atoms with van der Waals surface area (Å²) in [4.78, 5) is 13.4. The minimum atomic E-state index is -0.131. The molecule has 0 saturated carbocycles. The number of halogens is 1. The fourth-order valence-corrected chi connectivity index (χ4v) is 2.77. The maximum atomic E-state index is 9.63. The van der Waals surface area contributed by atoms with Gasteiger partial charge in [-0.3, -0.25) is 4.98 Å². The number of anilines is 2. The topological polar surface area (TPSA) is 83.0 Å². The van der Waals surface area contributed by atoms with Crippen molar-refractivity contribution in [2.75, 3.05) is 17.2 Å². The highest BCUT2D eigenvalue weighted by Crippen LogP contribution is 2.22. The van der Waals surface area contributed by atoms with Crippen molar-refractivity contribution in [1.29, 1.82) is 0 Å². The van der Waals surface area contributed by atoms with Crippen molar-refractivity contribution in [3.8, 4) is 11.3 Å². The van der Waals surface area contributed by atoms with Crippen LogP contribution in [0.5, 0.6) is 0 Å². The van der Waals surface area contributed by atoms with Gasteiger partial charge in [-0.05, 0) is 35.7 Å². The number of benzene rings is 1. The van der Waals surface area contributed by atoms with E-state index in [4.69, 9.17) is 11.6 Å². The molecular formula is C21H24ClN5O. The van der Waals surface area contributed by atoms with Crippen molar-refractivity contribution in [1.82, 2.24) is 15.0 Å². The fourth-order valence-electron chi connectivity index (χ4n) is 2.65. The van der Waals surface area contributed by atoms with E-state index in [2.05, 4.69) is 25.6 Å². The van der Waals surface area contributed by atoms with Crippen molar-refractivity contribution in [3.05, 3.63) is 65.4 Å². The van der Waals surface area contributed by atoms with Gasteiger partial charge in [0, 0.05) is 35.6 Å². The average molecular weight is 398 g/mol. The van der Waals surface area contributed by atoms with E-state index in [1.165, 1.54) is 0 Å². The van der Waals surface area contributed by atoms with Crippen molar-refractivity contribution >= 4 is 23.4 Å². The summed E-state index contributed by atoms with van der Waals surface area (Å²) >= 11 is 5.95. The SMILES string of the molecule is CC(C)[C@@H](CO)Nc1nc(NCc2ccc(Cl)cc2)cc(-c2cccnc2)n1. The normalized spacial score (nSPS) is 12.0. The molecule has 146 valence electrons. The summed E-state index contributed by atoms with van der Waals surface area (Å²) in [5.41, 5.74) is 2.74. The van der Waals surface area contributed by atoms with Gasteiger partial charge in [0.1, 0.15) is 5.82 Å². The van der Waals surface area contributed by atoms with E-state index in [1.54, 1.807) is 12.4 Å². The first-order valence-electron chi connectivity index (χ1n) is 9.20. The lowest BCUT2D eigenvalue weighted by molar-refractivity contribution is 0.248. The largest absolute Gasteiger partial charge is 0.394 e. The molecule has 0 saturated heterocycles. The molecular weight excluding hydrogens is 374 g/mol. The number of nitrogens with one attached hydrogen (secondary N) is 2. The van der Waals surface area contributed by atoms with Gasteiger partial charge in [-0.1, -0.05) is 37.6 Å².